The predicted octanol–water partition coefficient (Wildman–Crippen LogP) is 3.50. The van der Waals surface area contributed by atoms with Crippen molar-refractivity contribution in [1.29, 1.82) is 0 Å². The summed E-state index contributed by atoms with van der Waals surface area (Å²) in [5, 5.41) is 12.4. The van der Waals surface area contributed by atoms with Crippen LogP contribution in [0.4, 0.5) is 5.69 Å². The number of hydrogen-bond acceptors (Lipinski definition) is 2. The molecule has 1 aromatic carbocycles. The third kappa shape index (κ3) is 2.35. The minimum atomic E-state index is -0.969. The molecule has 1 aromatic rings. The summed E-state index contributed by atoms with van der Waals surface area (Å²) in [5.74, 6) is -0.850. The van der Waals surface area contributed by atoms with Gasteiger partial charge in [-0.25, -0.2) is 4.79 Å². The maximum Gasteiger partial charge on any atom is 0.328 e. The van der Waals surface area contributed by atoms with Crippen molar-refractivity contribution < 1.29 is 9.90 Å². The summed E-state index contributed by atoms with van der Waals surface area (Å²) in [6, 6.07) is 0. The van der Waals surface area contributed by atoms with E-state index in [9.17, 15) is 9.90 Å². The molecule has 0 amide bonds. The number of aliphatic carboxylic acids is 1. The molecule has 1 rings (SSSR count). The number of hydrogen-bond donors (Lipinski definition) is 2. The highest BCUT2D eigenvalue weighted by molar-refractivity contribution is 5.83. The molecule has 0 unspecified atom stereocenters. The van der Waals surface area contributed by atoms with Gasteiger partial charge in [0, 0.05) is 5.69 Å². The number of nitrogens with one attached hydrogen (secondary N) is 1. The second kappa shape index (κ2) is 4.63. The highest BCUT2D eigenvalue weighted by Crippen LogP contribution is 2.32. The van der Waals surface area contributed by atoms with Gasteiger partial charge >= 0.3 is 5.97 Å². The number of rotatable bonds is 3. The summed E-state index contributed by atoms with van der Waals surface area (Å²) in [6.07, 6.45) is 0. The second-order valence-corrected chi connectivity index (χ2v) is 5.56. The van der Waals surface area contributed by atoms with Crippen molar-refractivity contribution >= 4 is 11.7 Å². The van der Waals surface area contributed by atoms with Crippen LogP contribution in [-0.4, -0.2) is 16.6 Å². The first kappa shape index (κ1) is 14.6. The van der Waals surface area contributed by atoms with Crippen LogP contribution in [0.15, 0.2) is 0 Å². The molecule has 3 nitrogen and oxygen atoms in total. The summed E-state index contributed by atoms with van der Waals surface area (Å²) in [7, 11) is 0. The van der Waals surface area contributed by atoms with Gasteiger partial charge in [0.05, 0.1) is 0 Å². The van der Waals surface area contributed by atoms with E-state index in [0.29, 0.717) is 0 Å². The molecule has 0 heterocycles. The monoisotopic (exact) mass is 249 g/mol. The van der Waals surface area contributed by atoms with E-state index < -0.39 is 11.5 Å². The number of anilines is 1. The Morgan fingerprint density at radius 2 is 1.22 bits per heavy atom. The quantitative estimate of drug-likeness (QED) is 0.862. The number of benzene rings is 1. The van der Waals surface area contributed by atoms with Crippen LogP contribution in [0, 0.1) is 34.6 Å². The van der Waals surface area contributed by atoms with Gasteiger partial charge in [-0.3, -0.25) is 0 Å². The van der Waals surface area contributed by atoms with Gasteiger partial charge < -0.3 is 10.4 Å². The van der Waals surface area contributed by atoms with Crippen molar-refractivity contribution in [2.75, 3.05) is 5.32 Å². The van der Waals surface area contributed by atoms with E-state index in [1.54, 1.807) is 13.8 Å². The highest BCUT2D eigenvalue weighted by atomic mass is 16.4. The van der Waals surface area contributed by atoms with E-state index in [0.717, 1.165) is 16.8 Å². The summed E-state index contributed by atoms with van der Waals surface area (Å²) in [6.45, 7) is 13.7. The Bertz CT molecular complexity index is 473. The van der Waals surface area contributed by atoms with Crippen LogP contribution in [0.25, 0.3) is 0 Å². The Balaban J connectivity index is 3.39. The van der Waals surface area contributed by atoms with Gasteiger partial charge in [0.2, 0.25) is 0 Å². The lowest BCUT2D eigenvalue weighted by atomic mass is 9.91. The second-order valence-electron chi connectivity index (χ2n) is 5.56. The summed E-state index contributed by atoms with van der Waals surface area (Å²) in [4.78, 5) is 11.2. The molecule has 0 radical (unpaired) electrons. The molecule has 0 fully saturated rings. The highest BCUT2D eigenvalue weighted by Gasteiger charge is 2.28. The van der Waals surface area contributed by atoms with Gasteiger partial charge in [0.1, 0.15) is 5.54 Å². The molecular formula is C15H23NO2. The first-order chi connectivity index (χ1) is 8.09. The van der Waals surface area contributed by atoms with Crippen LogP contribution in [-0.2, 0) is 4.79 Å². The smallest absolute Gasteiger partial charge is 0.328 e. The molecule has 0 aliphatic carbocycles. The Labute approximate surface area is 109 Å². The van der Waals surface area contributed by atoms with E-state index in [1.165, 1.54) is 16.7 Å². The zero-order valence-electron chi connectivity index (χ0n) is 12.4. The molecule has 100 valence electrons. The Kier molecular flexibility index (Phi) is 3.75. The summed E-state index contributed by atoms with van der Waals surface area (Å²) >= 11 is 0. The third-order valence-electron chi connectivity index (χ3n) is 3.97. The molecule has 18 heavy (non-hydrogen) atoms. The van der Waals surface area contributed by atoms with Gasteiger partial charge in [0.25, 0.3) is 0 Å². The topological polar surface area (TPSA) is 49.3 Å². The SMILES string of the molecule is Cc1c(C)c(C)c(NC(C)(C)C(=O)O)c(C)c1C. The van der Waals surface area contributed by atoms with Crippen LogP contribution in [0.3, 0.4) is 0 Å². The lowest BCUT2D eigenvalue weighted by molar-refractivity contribution is -0.141. The van der Waals surface area contributed by atoms with Crippen LogP contribution < -0.4 is 5.32 Å². The zero-order chi connectivity index (χ0) is 14.2. The largest absolute Gasteiger partial charge is 0.480 e. The van der Waals surface area contributed by atoms with Crippen molar-refractivity contribution in [3.8, 4) is 0 Å². The molecule has 0 aliphatic rings. The van der Waals surface area contributed by atoms with Crippen LogP contribution in [0.2, 0.25) is 0 Å². The Hall–Kier alpha value is -1.51. The fourth-order valence-corrected chi connectivity index (χ4v) is 2.05. The molecule has 0 saturated heterocycles. The van der Waals surface area contributed by atoms with E-state index in [1.807, 2.05) is 13.8 Å². The van der Waals surface area contributed by atoms with Crippen molar-refractivity contribution in [3.63, 3.8) is 0 Å². The van der Waals surface area contributed by atoms with E-state index >= 15 is 0 Å². The maximum atomic E-state index is 11.2. The first-order valence-corrected chi connectivity index (χ1v) is 6.18. The zero-order valence-corrected chi connectivity index (χ0v) is 12.4. The molecular weight excluding hydrogens is 226 g/mol. The van der Waals surface area contributed by atoms with Crippen molar-refractivity contribution in [3.05, 3.63) is 27.8 Å². The fraction of sp³-hybridized carbons (Fsp3) is 0.533. The fourth-order valence-electron chi connectivity index (χ4n) is 2.05. The molecule has 0 atom stereocenters. The molecule has 0 aromatic heterocycles. The summed E-state index contributed by atoms with van der Waals surface area (Å²) in [5.41, 5.74) is 5.97. The molecule has 3 heteroatoms. The van der Waals surface area contributed by atoms with Crippen LogP contribution in [0.5, 0.6) is 0 Å². The Morgan fingerprint density at radius 1 is 0.889 bits per heavy atom. The standard InChI is InChI=1S/C15H23NO2/c1-8-9(2)11(4)13(12(5)10(8)3)16-15(6,7)14(17)18/h16H,1-7H3,(H,17,18). The maximum absolute atomic E-state index is 11.2. The van der Waals surface area contributed by atoms with Crippen LogP contribution in [0.1, 0.15) is 41.7 Å². The normalized spacial score (nSPS) is 11.5. The lowest BCUT2D eigenvalue weighted by Crippen LogP contribution is -2.40. The van der Waals surface area contributed by atoms with Crippen molar-refractivity contribution in [1.82, 2.24) is 0 Å². The minimum Gasteiger partial charge on any atom is -0.480 e. The van der Waals surface area contributed by atoms with Crippen LogP contribution >= 0.6 is 0 Å². The Morgan fingerprint density at radius 3 is 1.56 bits per heavy atom. The average molecular weight is 249 g/mol. The van der Waals surface area contributed by atoms with Gasteiger partial charge in [-0.15, -0.1) is 0 Å². The number of carboxylic acid groups (broad SMARTS) is 1. The van der Waals surface area contributed by atoms with Gasteiger partial charge in [-0.2, -0.15) is 0 Å². The molecule has 0 bridgehead atoms. The first-order valence-electron chi connectivity index (χ1n) is 6.18. The average Bonchev–Trinajstić information content (AvgIpc) is 2.29. The number of carbonyl (C=O) groups is 1. The molecule has 2 N–H and O–H groups in total. The van der Waals surface area contributed by atoms with E-state index in [-0.39, 0.29) is 0 Å². The summed E-state index contributed by atoms with van der Waals surface area (Å²) < 4.78 is 0. The van der Waals surface area contributed by atoms with Crippen molar-refractivity contribution in [2.45, 2.75) is 54.0 Å². The lowest BCUT2D eigenvalue weighted by Gasteiger charge is -2.27. The van der Waals surface area contributed by atoms with Gasteiger partial charge in [0.15, 0.2) is 0 Å². The third-order valence-corrected chi connectivity index (χ3v) is 3.97. The molecule has 0 saturated carbocycles. The van der Waals surface area contributed by atoms with Crippen molar-refractivity contribution in [2.24, 2.45) is 0 Å². The minimum absolute atomic E-state index is 0.850. The van der Waals surface area contributed by atoms with E-state index in [4.69, 9.17) is 0 Å². The number of carboxylic acids is 1. The predicted molar refractivity (Wildman–Crippen MR) is 75.5 cm³/mol. The van der Waals surface area contributed by atoms with Gasteiger partial charge in [-0.1, -0.05) is 0 Å². The van der Waals surface area contributed by atoms with Gasteiger partial charge in [-0.05, 0) is 76.3 Å². The van der Waals surface area contributed by atoms with E-state index in [2.05, 4.69) is 26.1 Å². The molecule has 0 spiro atoms. The molecule has 0 aliphatic heterocycles.